The van der Waals surface area contributed by atoms with E-state index in [0.717, 1.165) is 5.56 Å². The number of carbonyl (C=O) groups is 1. The molecule has 3 rings (SSSR count). The van der Waals surface area contributed by atoms with Gasteiger partial charge in [-0.25, -0.2) is 13.4 Å². The molecule has 0 saturated carbocycles. The van der Waals surface area contributed by atoms with Crippen molar-refractivity contribution in [3.05, 3.63) is 17.5 Å². The molecule has 8 nitrogen and oxygen atoms in total. The molecule has 1 amide bonds. The highest BCUT2D eigenvalue weighted by atomic mass is 32.2. The van der Waals surface area contributed by atoms with Crippen LogP contribution in [-0.2, 0) is 16.9 Å². The number of fused-ring (bicyclic) bond motifs is 1. The van der Waals surface area contributed by atoms with E-state index in [1.165, 1.54) is 10.6 Å². The molecule has 0 spiro atoms. The Hall–Kier alpha value is -2.16. The van der Waals surface area contributed by atoms with Crippen molar-refractivity contribution in [2.75, 3.05) is 11.5 Å². The molecule has 2 N–H and O–H groups in total. The van der Waals surface area contributed by atoms with Gasteiger partial charge in [0.15, 0.2) is 5.65 Å². The van der Waals surface area contributed by atoms with Crippen LogP contribution in [0.1, 0.15) is 35.9 Å². The zero-order chi connectivity index (χ0) is 17.7. The molecule has 0 atom stereocenters. The van der Waals surface area contributed by atoms with Crippen LogP contribution in [-0.4, -0.2) is 51.0 Å². The van der Waals surface area contributed by atoms with E-state index in [0.29, 0.717) is 24.0 Å². The van der Waals surface area contributed by atoms with E-state index in [2.05, 4.69) is 15.3 Å². The Morgan fingerprint density at radius 1 is 1.33 bits per heavy atom. The van der Waals surface area contributed by atoms with Gasteiger partial charge in [0.1, 0.15) is 15.4 Å². The van der Waals surface area contributed by atoms with E-state index in [-0.39, 0.29) is 29.1 Å². The smallest absolute Gasteiger partial charge is 0.287 e. The van der Waals surface area contributed by atoms with Gasteiger partial charge in [-0.15, -0.1) is 0 Å². The van der Waals surface area contributed by atoms with Crippen molar-refractivity contribution in [2.24, 2.45) is 7.05 Å². The van der Waals surface area contributed by atoms with Gasteiger partial charge in [-0.2, -0.15) is 4.98 Å². The van der Waals surface area contributed by atoms with Crippen molar-refractivity contribution in [3.8, 4) is 5.88 Å². The number of aromatic hydroxyl groups is 1. The molecule has 0 unspecified atom stereocenters. The molecule has 1 aliphatic rings. The highest BCUT2D eigenvalue weighted by Gasteiger charge is 2.35. The lowest BCUT2D eigenvalue weighted by Crippen LogP contribution is -2.51. The molecule has 1 saturated heterocycles. The van der Waals surface area contributed by atoms with Crippen molar-refractivity contribution in [2.45, 2.75) is 32.2 Å². The van der Waals surface area contributed by atoms with Crippen LogP contribution in [0.25, 0.3) is 11.2 Å². The van der Waals surface area contributed by atoms with Gasteiger partial charge in [0.25, 0.3) is 5.91 Å². The number of amides is 1. The Labute approximate surface area is 139 Å². The van der Waals surface area contributed by atoms with E-state index < -0.39 is 15.4 Å². The molecule has 130 valence electrons. The Morgan fingerprint density at radius 3 is 2.58 bits per heavy atom. The molecular weight excluding hydrogens is 332 g/mol. The number of aromatic nitrogens is 3. The molecule has 1 aliphatic heterocycles. The second-order valence-electron chi connectivity index (χ2n) is 6.63. The Bertz CT molecular complexity index is 919. The molecule has 0 aliphatic carbocycles. The lowest BCUT2D eigenvalue weighted by molar-refractivity contribution is 0.0886. The summed E-state index contributed by atoms with van der Waals surface area (Å²) in [5.41, 5.74) is 1.12. The summed E-state index contributed by atoms with van der Waals surface area (Å²) >= 11 is 0. The van der Waals surface area contributed by atoms with Gasteiger partial charge < -0.3 is 15.0 Å². The van der Waals surface area contributed by atoms with Gasteiger partial charge in [0.05, 0.1) is 11.5 Å². The lowest BCUT2D eigenvalue weighted by atomic mass is 9.95. The molecule has 24 heavy (non-hydrogen) atoms. The van der Waals surface area contributed by atoms with Gasteiger partial charge in [-0.05, 0) is 32.3 Å². The molecule has 0 bridgehead atoms. The molecule has 2 aromatic heterocycles. The van der Waals surface area contributed by atoms with Crippen LogP contribution in [0.15, 0.2) is 6.07 Å². The summed E-state index contributed by atoms with van der Waals surface area (Å²) in [5, 5.41) is 12.5. The number of nitrogens with one attached hydrogen (secondary N) is 1. The number of pyridine rings is 1. The number of aryl methyl sites for hydroxylation is 2. The van der Waals surface area contributed by atoms with Gasteiger partial charge >= 0.3 is 0 Å². The summed E-state index contributed by atoms with van der Waals surface area (Å²) in [5.74, 6) is -0.182. The highest BCUT2D eigenvalue weighted by Crippen LogP contribution is 2.25. The average Bonchev–Trinajstić information content (AvgIpc) is 2.81. The Morgan fingerprint density at radius 2 is 1.96 bits per heavy atom. The van der Waals surface area contributed by atoms with Crippen molar-refractivity contribution >= 4 is 26.9 Å². The fourth-order valence-corrected chi connectivity index (χ4v) is 4.66. The Kier molecular flexibility index (Phi) is 3.78. The first-order valence-electron chi connectivity index (χ1n) is 7.66. The first kappa shape index (κ1) is 16.7. The minimum Gasteiger partial charge on any atom is -0.493 e. The Balaban J connectivity index is 1.90. The first-order valence-corrected chi connectivity index (χ1v) is 9.48. The number of hydrogen-bond acceptors (Lipinski definition) is 6. The van der Waals surface area contributed by atoms with Gasteiger partial charge in [-0.1, -0.05) is 0 Å². The maximum atomic E-state index is 12.6. The molecule has 2 aromatic rings. The summed E-state index contributed by atoms with van der Waals surface area (Å²) < 4.78 is 24.7. The van der Waals surface area contributed by atoms with E-state index in [4.69, 9.17) is 0 Å². The number of carbonyl (C=O) groups excluding carboxylic acids is 1. The molecule has 0 aromatic carbocycles. The second kappa shape index (κ2) is 5.44. The quantitative estimate of drug-likeness (QED) is 0.821. The predicted octanol–water partition coefficient (Wildman–Crippen LogP) is 0.679. The summed E-state index contributed by atoms with van der Waals surface area (Å²) in [4.78, 5) is 21.0. The number of imidazole rings is 1. The van der Waals surface area contributed by atoms with Crippen molar-refractivity contribution < 1.29 is 18.3 Å². The van der Waals surface area contributed by atoms with E-state index >= 15 is 0 Å². The third-order valence-corrected chi connectivity index (χ3v) is 6.20. The van der Waals surface area contributed by atoms with Crippen LogP contribution < -0.4 is 5.32 Å². The monoisotopic (exact) mass is 352 g/mol. The third kappa shape index (κ3) is 2.95. The van der Waals surface area contributed by atoms with Gasteiger partial charge in [0.2, 0.25) is 11.7 Å². The van der Waals surface area contributed by atoms with Crippen LogP contribution in [0.3, 0.4) is 0 Å². The summed E-state index contributed by atoms with van der Waals surface area (Å²) in [6.07, 6.45) is 0.756. The van der Waals surface area contributed by atoms with Crippen LogP contribution in [0.5, 0.6) is 5.88 Å². The summed E-state index contributed by atoms with van der Waals surface area (Å²) in [7, 11) is -1.35. The molecule has 3 heterocycles. The zero-order valence-corrected chi connectivity index (χ0v) is 14.6. The number of rotatable bonds is 2. The fourth-order valence-electron chi connectivity index (χ4n) is 2.93. The first-order chi connectivity index (χ1) is 11.1. The second-order valence-corrected chi connectivity index (χ2v) is 8.93. The normalized spacial score (nSPS) is 19.3. The molecule has 1 fully saturated rings. The van der Waals surface area contributed by atoms with Crippen LogP contribution in [0.2, 0.25) is 0 Å². The summed E-state index contributed by atoms with van der Waals surface area (Å²) in [6.45, 7) is 3.63. The van der Waals surface area contributed by atoms with Crippen LogP contribution in [0.4, 0.5) is 0 Å². The van der Waals surface area contributed by atoms with Crippen LogP contribution >= 0.6 is 0 Å². The standard InChI is InChI=1S/C15H20N4O4S/c1-9-8-10(20)16-12-11(9)17-13(19(12)3)14(21)18-15(2)4-6-24(22,23)7-5-15/h8H,4-7H2,1-3H3,(H,16,20)(H,18,21). The largest absolute Gasteiger partial charge is 0.493 e. The van der Waals surface area contributed by atoms with Gasteiger partial charge in [-0.3, -0.25) is 4.79 Å². The van der Waals surface area contributed by atoms with E-state index in [1.54, 1.807) is 14.0 Å². The zero-order valence-electron chi connectivity index (χ0n) is 13.8. The van der Waals surface area contributed by atoms with Crippen LogP contribution in [0, 0.1) is 6.92 Å². The molecule has 9 heteroatoms. The fraction of sp³-hybridized carbons (Fsp3) is 0.533. The van der Waals surface area contributed by atoms with Crippen molar-refractivity contribution in [1.82, 2.24) is 19.9 Å². The summed E-state index contributed by atoms with van der Waals surface area (Å²) in [6, 6.07) is 1.49. The van der Waals surface area contributed by atoms with Gasteiger partial charge in [0, 0.05) is 18.7 Å². The lowest BCUT2D eigenvalue weighted by Gasteiger charge is -2.34. The minimum atomic E-state index is -3.00. The highest BCUT2D eigenvalue weighted by molar-refractivity contribution is 7.91. The number of sulfone groups is 1. The van der Waals surface area contributed by atoms with E-state index in [9.17, 15) is 18.3 Å². The SMILES string of the molecule is Cc1cc(O)nc2c1nc(C(=O)NC1(C)CCS(=O)(=O)CC1)n2C. The predicted molar refractivity (Wildman–Crippen MR) is 88.7 cm³/mol. The number of hydrogen-bond donors (Lipinski definition) is 2. The maximum absolute atomic E-state index is 12.6. The molecule has 0 radical (unpaired) electrons. The topological polar surface area (TPSA) is 114 Å². The van der Waals surface area contributed by atoms with E-state index in [1.807, 2.05) is 6.92 Å². The van der Waals surface area contributed by atoms with Crippen molar-refractivity contribution in [3.63, 3.8) is 0 Å². The minimum absolute atomic E-state index is 0.0703. The van der Waals surface area contributed by atoms with Crippen molar-refractivity contribution in [1.29, 1.82) is 0 Å². The average molecular weight is 352 g/mol. The third-order valence-electron chi connectivity index (χ3n) is 4.55. The maximum Gasteiger partial charge on any atom is 0.287 e. The number of nitrogens with zero attached hydrogens (tertiary/aromatic N) is 3. The molecular formula is C15H20N4O4S.